The van der Waals surface area contributed by atoms with Crippen LogP contribution in [0.4, 0.5) is 11.4 Å². The molecule has 0 radical (unpaired) electrons. The number of nitrogens with zero attached hydrogens (tertiary/aromatic N) is 1. The van der Waals surface area contributed by atoms with Crippen molar-refractivity contribution in [1.82, 2.24) is 0 Å². The molecule has 1 unspecified atom stereocenters. The van der Waals surface area contributed by atoms with Gasteiger partial charge < -0.3 is 15.4 Å². The Balaban J connectivity index is 1.95. The molecule has 2 aromatic rings. The minimum atomic E-state index is -0.218. The highest BCUT2D eigenvalue weighted by Gasteiger charge is 2.29. The highest BCUT2D eigenvalue weighted by atomic mass is 35.5. The maximum absolute atomic E-state index is 11.3. The largest absolute Gasteiger partial charge is 0.399 e. The molecule has 0 spiro atoms. The fourth-order valence-electron chi connectivity index (χ4n) is 2.31. The fourth-order valence-corrected chi connectivity index (χ4v) is 3.55. The highest BCUT2D eigenvalue weighted by molar-refractivity contribution is 8.01. The van der Waals surface area contributed by atoms with E-state index in [9.17, 15) is 4.79 Å². The van der Waals surface area contributed by atoms with Crippen molar-refractivity contribution in [2.45, 2.75) is 16.8 Å². The van der Waals surface area contributed by atoms with E-state index in [1.165, 1.54) is 0 Å². The maximum Gasteiger partial charge on any atom is 0.153 e. The van der Waals surface area contributed by atoms with Gasteiger partial charge in [-0.25, -0.2) is 0 Å². The molecule has 0 bridgehead atoms. The lowest BCUT2D eigenvalue weighted by atomic mass is 10.1. The van der Waals surface area contributed by atoms with Gasteiger partial charge in [-0.05, 0) is 35.9 Å². The van der Waals surface area contributed by atoms with E-state index in [0.29, 0.717) is 11.6 Å². The molecular formula is C15H13ClN2OS. The number of carbonyl (C=O) groups is 1. The Hall–Kier alpha value is -1.65. The van der Waals surface area contributed by atoms with Crippen LogP contribution in [0.25, 0.3) is 0 Å². The average molecular weight is 305 g/mol. The van der Waals surface area contributed by atoms with Crippen LogP contribution in [0.15, 0.2) is 47.4 Å². The molecule has 0 saturated heterocycles. The standard InChI is InChI=1S/C15H13ClN2OS/c16-11-4-5-14-13(7-11)18(15(9-19)20-14)8-10-2-1-3-12(17)6-10/h1-7,9,15H,8,17H2. The van der Waals surface area contributed by atoms with E-state index >= 15 is 0 Å². The molecule has 0 aromatic heterocycles. The molecule has 1 aliphatic rings. The lowest BCUT2D eigenvalue weighted by Crippen LogP contribution is -2.29. The minimum Gasteiger partial charge on any atom is -0.399 e. The smallest absolute Gasteiger partial charge is 0.153 e. The van der Waals surface area contributed by atoms with Crippen LogP contribution in [0, 0.1) is 0 Å². The molecule has 0 aliphatic carbocycles. The van der Waals surface area contributed by atoms with Crippen LogP contribution in [0.2, 0.25) is 5.02 Å². The number of benzene rings is 2. The molecule has 1 aliphatic heterocycles. The Morgan fingerprint density at radius 3 is 2.90 bits per heavy atom. The second-order valence-electron chi connectivity index (χ2n) is 4.63. The van der Waals surface area contributed by atoms with Crippen molar-refractivity contribution >= 4 is 41.0 Å². The lowest BCUT2D eigenvalue weighted by Gasteiger charge is -2.23. The van der Waals surface area contributed by atoms with Crippen LogP contribution >= 0.6 is 23.4 Å². The summed E-state index contributed by atoms with van der Waals surface area (Å²) in [5, 5.41) is 0.457. The summed E-state index contributed by atoms with van der Waals surface area (Å²) in [5.41, 5.74) is 8.61. The number of hydrogen-bond acceptors (Lipinski definition) is 4. The van der Waals surface area contributed by atoms with Gasteiger partial charge in [-0.15, -0.1) is 0 Å². The number of hydrogen-bond donors (Lipinski definition) is 1. The average Bonchev–Trinajstić information content (AvgIpc) is 2.76. The van der Waals surface area contributed by atoms with Gasteiger partial charge in [0.1, 0.15) is 5.37 Å². The molecule has 0 saturated carbocycles. The van der Waals surface area contributed by atoms with Crippen molar-refractivity contribution in [3.05, 3.63) is 53.1 Å². The number of nitrogens with two attached hydrogens (primary N) is 1. The summed E-state index contributed by atoms with van der Waals surface area (Å²) in [5.74, 6) is 0. The molecule has 2 N–H and O–H groups in total. The van der Waals surface area contributed by atoms with Crippen molar-refractivity contribution in [3.63, 3.8) is 0 Å². The van der Waals surface area contributed by atoms with E-state index in [1.54, 1.807) is 11.8 Å². The predicted molar refractivity (Wildman–Crippen MR) is 84.2 cm³/mol. The number of halogens is 1. The second-order valence-corrected chi connectivity index (χ2v) is 6.22. The van der Waals surface area contributed by atoms with Gasteiger partial charge in [0.15, 0.2) is 6.29 Å². The minimum absolute atomic E-state index is 0.218. The molecule has 2 aromatic carbocycles. The van der Waals surface area contributed by atoms with E-state index in [2.05, 4.69) is 0 Å². The number of aldehydes is 1. The van der Waals surface area contributed by atoms with Crippen molar-refractivity contribution < 1.29 is 4.79 Å². The third-order valence-corrected chi connectivity index (χ3v) is 4.65. The summed E-state index contributed by atoms with van der Waals surface area (Å²) < 4.78 is 0. The first-order valence-corrected chi connectivity index (χ1v) is 7.46. The monoisotopic (exact) mass is 304 g/mol. The number of rotatable bonds is 3. The third kappa shape index (κ3) is 2.49. The van der Waals surface area contributed by atoms with E-state index in [0.717, 1.165) is 28.1 Å². The zero-order valence-electron chi connectivity index (χ0n) is 10.6. The van der Waals surface area contributed by atoms with Gasteiger partial charge in [-0.2, -0.15) is 0 Å². The molecular weight excluding hydrogens is 292 g/mol. The Morgan fingerprint density at radius 1 is 1.30 bits per heavy atom. The lowest BCUT2D eigenvalue weighted by molar-refractivity contribution is -0.107. The second kappa shape index (κ2) is 5.38. The van der Waals surface area contributed by atoms with Crippen LogP contribution in [-0.4, -0.2) is 11.7 Å². The van der Waals surface area contributed by atoms with Crippen LogP contribution in [-0.2, 0) is 11.3 Å². The summed E-state index contributed by atoms with van der Waals surface area (Å²) in [6.45, 7) is 0.634. The summed E-state index contributed by atoms with van der Waals surface area (Å²) in [4.78, 5) is 14.4. The van der Waals surface area contributed by atoms with E-state index in [4.69, 9.17) is 17.3 Å². The Labute approximate surface area is 126 Å². The van der Waals surface area contributed by atoms with Gasteiger partial charge in [0.05, 0.1) is 5.69 Å². The molecule has 20 heavy (non-hydrogen) atoms. The van der Waals surface area contributed by atoms with Crippen LogP contribution in [0.3, 0.4) is 0 Å². The van der Waals surface area contributed by atoms with Crippen molar-refractivity contribution in [3.8, 4) is 0 Å². The molecule has 0 amide bonds. The highest BCUT2D eigenvalue weighted by Crippen LogP contribution is 2.44. The number of anilines is 2. The van der Waals surface area contributed by atoms with Gasteiger partial charge in [0.25, 0.3) is 0 Å². The van der Waals surface area contributed by atoms with Gasteiger partial charge in [0.2, 0.25) is 0 Å². The van der Waals surface area contributed by atoms with Gasteiger partial charge in [0, 0.05) is 22.2 Å². The molecule has 102 valence electrons. The third-order valence-electron chi connectivity index (χ3n) is 3.21. The topological polar surface area (TPSA) is 46.3 Å². The first-order valence-electron chi connectivity index (χ1n) is 6.20. The van der Waals surface area contributed by atoms with Crippen LogP contribution in [0.1, 0.15) is 5.56 Å². The summed E-state index contributed by atoms with van der Waals surface area (Å²) >= 11 is 7.61. The van der Waals surface area contributed by atoms with E-state index in [1.807, 2.05) is 47.4 Å². The first kappa shape index (κ1) is 13.3. The quantitative estimate of drug-likeness (QED) is 0.696. The summed E-state index contributed by atoms with van der Waals surface area (Å²) in [6.07, 6.45) is 0.963. The zero-order chi connectivity index (χ0) is 14.1. The van der Waals surface area contributed by atoms with Crippen molar-refractivity contribution in [2.24, 2.45) is 0 Å². The number of nitrogen functional groups attached to an aromatic ring is 1. The molecule has 3 nitrogen and oxygen atoms in total. The Morgan fingerprint density at radius 2 is 2.15 bits per heavy atom. The van der Waals surface area contributed by atoms with Gasteiger partial charge in [-0.1, -0.05) is 35.5 Å². The van der Waals surface area contributed by atoms with E-state index < -0.39 is 0 Å². The van der Waals surface area contributed by atoms with Crippen molar-refractivity contribution in [1.29, 1.82) is 0 Å². The molecule has 3 rings (SSSR count). The van der Waals surface area contributed by atoms with Crippen LogP contribution in [0.5, 0.6) is 0 Å². The molecule has 5 heteroatoms. The Bertz CT molecular complexity index is 662. The van der Waals surface area contributed by atoms with Gasteiger partial charge in [-0.3, -0.25) is 0 Å². The van der Waals surface area contributed by atoms with Gasteiger partial charge >= 0.3 is 0 Å². The molecule has 1 atom stereocenters. The van der Waals surface area contributed by atoms with Crippen LogP contribution < -0.4 is 10.6 Å². The normalized spacial score (nSPS) is 17.1. The number of thioether (sulfide) groups is 1. The summed E-state index contributed by atoms with van der Waals surface area (Å²) in [7, 11) is 0. The van der Waals surface area contributed by atoms with Crippen molar-refractivity contribution in [2.75, 3.05) is 10.6 Å². The Kier molecular flexibility index (Phi) is 3.59. The zero-order valence-corrected chi connectivity index (χ0v) is 12.2. The number of carbonyl (C=O) groups excluding carboxylic acids is 1. The maximum atomic E-state index is 11.3. The fraction of sp³-hybridized carbons (Fsp3) is 0.133. The first-order chi connectivity index (χ1) is 9.67. The molecule has 1 heterocycles. The predicted octanol–water partition coefficient (Wildman–Crippen LogP) is 3.56. The molecule has 0 fully saturated rings. The SMILES string of the molecule is Nc1cccc(CN2c3cc(Cl)ccc3SC2C=O)c1. The summed E-state index contributed by atoms with van der Waals surface area (Å²) in [6, 6.07) is 13.4. The van der Waals surface area contributed by atoms with E-state index in [-0.39, 0.29) is 5.37 Å². The number of fused-ring (bicyclic) bond motifs is 1.